The lowest BCUT2D eigenvalue weighted by molar-refractivity contribution is 0.216. The van der Waals surface area contributed by atoms with Gasteiger partial charge in [-0.15, -0.1) is 23.5 Å². The molecule has 0 fully saturated rings. The van der Waals surface area contributed by atoms with Crippen LogP contribution in [0.3, 0.4) is 0 Å². The topological polar surface area (TPSA) is 19.4 Å². The van der Waals surface area contributed by atoms with Crippen molar-refractivity contribution in [2.75, 3.05) is 106 Å². The maximum Gasteiger partial charge on any atom is 0.0242 e. The van der Waals surface area contributed by atoms with Gasteiger partial charge in [-0.05, 0) is 133 Å². The molecule has 0 N–H and O–H groups in total. The highest BCUT2D eigenvalue weighted by atomic mass is 32.2. The van der Waals surface area contributed by atoms with E-state index in [2.05, 4.69) is 210 Å². The van der Waals surface area contributed by atoms with E-state index in [9.17, 15) is 0 Å². The molecule has 2 aliphatic rings. The Hall–Kier alpha value is -2.66. The van der Waals surface area contributed by atoms with Crippen molar-refractivity contribution in [3.8, 4) is 22.3 Å². The monoisotopic (exact) mass is 849 g/mol. The molecular weight excluding hydrogens is 773 g/mol. The Labute approximate surface area is 374 Å². The Bertz CT molecular complexity index is 1780. The Balaban J connectivity index is 1.44. The third-order valence-electron chi connectivity index (χ3n) is 12.4. The molecule has 0 unspecified atom stereocenters. The third-order valence-corrected chi connectivity index (χ3v) is 15.1. The summed E-state index contributed by atoms with van der Waals surface area (Å²) in [7, 11) is 13.9. The Morgan fingerprint density at radius 3 is 0.850 bits per heavy atom. The van der Waals surface area contributed by atoms with Crippen LogP contribution in [0.4, 0.5) is 0 Å². The highest BCUT2D eigenvalue weighted by Gasteiger charge is 2.22. The van der Waals surface area contributed by atoms with Crippen molar-refractivity contribution >= 4 is 23.5 Å². The van der Waals surface area contributed by atoms with Crippen molar-refractivity contribution in [1.82, 2.24) is 29.4 Å². The molecule has 0 saturated carbocycles. The first kappa shape index (κ1) is 46.8. The van der Waals surface area contributed by atoms with E-state index in [0.29, 0.717) is 0 Å². The second-order valence-electron chi connectivity index (χ2n) is 20.2. The summed E-state index contributed by atoms with van der Waals surface area (Å²) in [5.74, 6) is 2.12. The molecule has 0 aromatic heterocycles. The van der Waals surface area contributed by atoms with Crippen LogP contribution >= 0.6 is 23.5 Å². The van der Waals surface area contributed by atoms with Gasteiger partial charge in [0, 0.05) is 99.8 Å². The molecule has 2 aliphatic heterocycles. The molecule has 0 spiro atoms. The lowest BCUT2D eigenvalue weighted by Crippen LogP contribution is -2.36. The number of rotatable bonds is 2. The standard InChI is InChI=1S/C52H76N6S2/c1-51(2,3)47-17-13-39(14-18-47)41-31-43-35-55(9)25-21-53(7)23-27-57(11)37-45-33-42(40-15-19-48(20-16-40)52(4,5)6)34-46-38-58(12)28-24-54(8)22-26-56(10)36-44(32-41)49(43)59-29-30-60-50(45)46/h13-20,31-34H,21-30,35-38H2,1-12H3. The number of hydrogen-bond donors (Lipinski definition) is 0. The molecule has 326 valence electrons. The first-order valence-corrected chi connectivity index (χ1v) is 24.3. The lowest BCUT2D eigenvalue weighted by Gasteiger charge is -2.28. The van der Waals surface area contributed by atoms with Crippen molar-refractivity contribution in [2.24, 2.45) is 0 Å². The second kappa shape index (κ2) is 20.7. The van der Waals surface area contributed by atoms with E-state index in [0.717, 1.165) is 90.0 Å². The number of benzene rings is 4. The number of nitrogens with zero attached hydrogens (tertiary/aromatic N) is 6. The maximum atomic E-state index is 2.55. The Kier molecular flexibility index (Phi) is 16.1. The fourth-order valence-electron chi connectivity index (χ4n) is 8.36. The van der Waals surface area contributed by atoms with E-state index in [4.69, 9.17) is 0 Å². The summed E-state index contributed by atoms with van der Waals surface area (Å²) in [4.78, 5) is 18.2. The highest BCUT2D eigenvalue weighted by molar-refractivity contribution is 8.03. The van der Waals surface area contributed by atoms with Crippen molar-refractivity contribution in [3.63, 3.8) is 0 Å². The van der Waals surface area contributed by atoms with E-state index in [1.54, 1.807) is 0 Å². The van der Waals surface area contributed by atoms with Gasteiger partial charge in [-0.1, -0.05) is 90.1 Å². The molecule has 2 bridgehead atoms. The summed E-state index contributed by atoms with van der Waals surface area (Å²) in [5.41, 5.74) is 14.1. The molecular formula is C52H76N6S2. The average Bonchev–Trinajstić information content (AvgIpc) is 3.19. The van der Waals surface area contributed by atoms with Gasteiger partial charge in [-0.2, -0.15) is 0 Å². The van der Waals surface area contributed by atoms with E-state index < -0.39 is 0 Å². The first-order chi connectivity index (χ1) is 28.4. The van der Waals surface area contributed by atoms with Gasteiger partial charge in [0.25, 0.3) is 0 Å². The molecule has 0 radical (unpaired) electrons. The number of fused-ring (bicyclic) bond motifs is 3. The van der Waals surface area contributed by atoms with Crippen molar-refractivity contribution in [2.45, 2.75) is 88.3 Å². The fraction of sp³-hybridized carbons (Fsp3) is 0.538. The van der Waals surface area contributed by atoms with Crippen LogP contribution in [-0.4, -0.2) is 136 Å². The minimum Gasteiger partial charge on any atom is -0.304 e. The molecule has 4 aromatic carbocycles. The summed E-state index contributed by atoms with van der Waals surface area (Å²) in [6, 6.07) is 28.8. The molecule has 6 nitrogen and oxygen atoms in total. The number of thioether (sulfide) groups is 2. The van der Waals surface area contributed by atoms with E-state index >= 15 is 0 Å². The van der Waals surface area contributed by atoms with Gasteiger partial charge in [0.1, 0.15) is 0 Å². The molecule has 2 heterocycles. The zero-order chi connectivity index (χ0) is 43.2. The van der Waals surface area contributed by atoms with Gasteiger partial charge >= 0.3 is 0 Å². The minimum absolute atomic E-state index is 0.130. The van der Waals surface area contributed by atoms with Gasteiger partial charge in [0.05, 0.1) is 0 Å². The molecule has 0 aliphatic carbocycles. The van der Waals surface area contributed by atoms with Crippen LogP contribution in [0.25, 0.3) is 22.3 Å². The van der Waals surface area contributed by atoms with Crippen molar-refractivity contribution < 1.29 is 0 Å². The number of likely N-dealkylation sites (N-methyl/N-ethyl adjacent to an activating group) is 6. The summed E-state index contributed by atoms with van der Waals surface area (Å²) < 4.78 is 0. The third kappa shape index (κ3) is 12.9. The van der Waals surface area contributed by atoms with Crippen LogP contribution in [-0.2, 0) is 37.0 Å². The van der Waals surface area contributed by atoms with Crippen LogP contribution in [0.1, 0.15) is 74.9 Å². The second-order valence-corrected chi connectivity index (χ2v) is 22.4. The van der Waals surface area contributed by atoms with Gasteiger partial charge in [-0.3, -0.25) is 0 Å². The SMILES string of the molecule is CN1CCN(C)Cc2cc(-c3ccc(C(C)(C)C)cc3)cc3c2SCCSc2c(cc(-c4ccc(C(C)(C)C)cc4)cc2CN(C)CCN(C)CCN(C)C3)CN(C)CC1. The Morgan fingerprint density at radius 1 is 0.350 bits per heavy atom. The van der Waals surface area contributed by atoms with Crippen LogP contribution < -0.4 is 0 Å². The molecule has 60 heavy (non-hydrogen) atoms. The summed E-state index contributed by atoms with van der Waals surface area (Å²) in [6.45, 7) is 25.9. The normalized spacial score (nSPS) is 19.2. The van der Waals surface area contributed by atoms with E-state index in [1.165, 1.54) is 65.4 Å². The van der Waals surface area contributed by atoms with Crippen LogP contribution in [0.2, 0.25) is 0 Å². The van der Waals surface area contributed by atoms with Crippen molar-refractivity contribution in [3.05, 3.63) is 106 Å². The first-order valence-electron chi connectivity index (χ1n) is 22.3. The van der Waals surface area contributed by atoms with Crippen molar-refractivity contribution in [1.29, 1.82) is 0 Å². The smallest absolute Gasteiger partial charge is 0.0242 e. The lowest BCUT2D eigenvalue weighted by atomic mass is 9.86. The predicted octanol–water partition coefficient (Wildman–Crippen LogP) is 10.1. The molecule has 8 heteroatoms. The zero-order valence-electron chi connectivity index (χ0n) is 39.3. The molecule has 6 rings (SSSR count). The van der Waals surface area contributed by atoms with Crippen LogP contribution in [0, 0.1) is 0 Å². The molecule has 0 amide bonds. The quantitative estimate of drug-likeness (QED) is 0.196. The van der Waals surface area contributed by atoms with Crippen LogP contribution in [0.5, 0.6) is 0 Å². The Morgan fingerprint density at radius 2 is 0.600 bits per heavy atom. The molecule has 0 saturated heterocycles. The zero-order valence-corrected chi connectivity index (χ0v) is 41.0. The van der Waals surface area contributed by atoms with E-state index in [1.807, 2.05) is 0 Å². The maximum absolute atomic E-state index is 2.55. The van der Waals surface area contributed by atoms with Gasteiger partial charge in [0.2, 0.25) is 0 Å². The summed E-state index contributed by atoms with van der Waals surface area (Å²) >= 11 is 4.17. The minimum atomic E-state index is 0.130. The molecule has 0 atom stereocenters. The number of hydrogen-bond acceptors (Lipinski definition) is 8. The summed E-state index contributed by atoms with van der Waals surface area (Å²) in [5, 5.41) is 0. The highest BCUT2D eigenvalue weighted by Crippen LogP contribution is 2.39. The van der Waals surface area contributed by atoms with Crippen LogP contribution in [0.15, 0.2) is 82.6 Å². The van der Waals surface area contributed by atoms with E-state index in [-0.39, 0.29) is 10.8 Å². The van der Waals surface area contributed by atoms with Gasteiger partial charge in [0.15, 0.2) is 0 Å². The molecule has 4 aromatic rings. The fourth-order valence-corrected chi connectivity index (χ4v) is 10.7. The average molecular weight is 849 g/mol. The predicted molar refractivity (Wildman–Crippen MR) is 263 cm³/mol. The van der Waals surface area contributed by atoms with Gasteiger partial charge < -0.3 is 29.4 Å². The summed E-state index contributed by atoms with van der Waals surface area (Å²) in [6.07, 6.45) is 0. The van der Waals surface area contributed by atoms with Gasteiger partial charge in [-0.25, -0.2) is 0 Å². The largest absolute Gasteiger partial charge is 0.304 e.